The van der Waals surface area contributed by atoms with Crippen molar-refractivity contribution in [1.29, 1.82) is 0 Å². The van der Waals surface area contributed by atoms with Crippen molar-refractivity contribution in [3.05, 3.63) is 52.6 Å². The first-order chi connectivity index (χ1) is 8.50. The molecule has 0 saturated heterocycles. The number of benzene rings is 1. The van der Waals surface area contributed by atoms with Gasteiger partial charge in [-0.2, -0.15) is 0 Å². The van der Waals surface area contributed by atoms with Crippen LogP contribution in [-0.2, 0) is 0 Å². The molecule has 1 heterocycles. The van der Waals surface area contributed by atoms with Crippen LogP contribution in [-0.4, -0.2) is 24.7 Å². The Morgan fingerprint density at radius 3 is 2.05 bits per heavy atom. The van der Waals surface area contributed by atoms with E-state index in [1.54, 1.807) is 24.4 Å². The SMILES string of the molecule is [CH3][SnH]([CH3])[c]1ncc(Cl)cc1Cl.[Na+].[O-]c1ccccc1. The number of hydrogen-bond donors (Lipinski definition) is 0. The number of halogens is 2. The summed E-state index contributed by atoms with van der Waals surface area (Å²) >= 11 is 10.1. The van der Waals surface area contributed by atoms with Gasteiger partial charge in [0.1, 0.15) is 0 Å². The molecule has 0 fully saturated rings. The predicted molar refractivity (Wildman–Crippen MR) is 78.7 cm³/mol. The van der Waals surface area contributed by atoms with E-state index in [1.165, 1.54) is 12.1 Å². The summed E-state index contributed by atoms with van der Waals surface area (Å²) in [6.45, 7) is 0. The molecule has 0 radical (unpaired) electrons. The molecule has 1 aromatic heterocycles. The molecular formula is C13H14Cl2NNaOSn. The fourth-order valence-electron chi connectivity index (χ4n) is 1.27. The first-order valence-corrected chi connectivity index (χ1v) is 14.5. The van der Waals surface area contributed by atoms with Crippen LogP contribution in [0.2, 0.25) is 19.9 Å². The van der Waals surface area contributed by atoms with Crippen molar-refractivity contribution in [3.8, 4) is 5.75 Å². The van der Waals surface area contributed by atoms with Crippen molar-refractivity contribution < 1.29 is 34.7 Å². The van der Waals surface area contributed by atoms with Crippen molar-refractivity contribution in [2.75, 3.05) is 0 Å². The maximum Gasteiger partial charge on any atom is 1.00 e. The molecule has 0 saturated carbocycles. The fourth-order valence-corrected chi connectivity index (χ4v) is 5.99. The topological polar surface area (TPSA) is 36.0 Å². The Bertz CT molecular complexity index is 497. The Kier molecular flexibility index (Phi) is 10.6. The van der Waals surface area contributed by atoms with Crippen LogP contribution in [0, 0.1) is 0 Å². The zero-order valence-electron chi connectivity index (χ0n) is 11.2. The smallest absolute Gasteiger partial charge is 0.872 e. The largest absolute Gasteiger partial charge is 1.00 e. The van der Waals surface area contributed by atoms with Crippen LogP contribution < -0.4 is 38.4 Å². The fraction of sp³-hybridized carbons (Fsp3) is 0.154. The van der Waals surface area contributed by atoms with E-state index in [2.05, 4.69) is 14.9 Å². The average Bonchev–Trinajstić information content (AvgIpc) is 2.30. The number of pyridine rings is 1. The Hall–Kier alpha value is 0.549. The van der Waals surface area contributed by atoms with Crippen LogP contribution in [0.15, 0.2) is 42.6 Å². The number of para-hydroxylation sites is 1. The summed E-state index contributed by atoms with van der Waals surface area (Å²) < 4.78 is 1.11. The number of aromatic nitrogens is 1. The first kappa shape index (κ1) is 19.5. The maximum absolute atomic E-state index is 10.3. The molecule has 0 N–H and O–H groups in total. The molecular weight excluding hydrogens is 399 g/mol. The van der Waals surface area contributed by atoms with E-state index < -0.39 is 19.8 Å². The molecule has 6 heteroatoms. The van der Waals surface area contributed by atoms with E-state index >= 15 is 0 Å². The Morgan fingerprint density at radius 1 is 1.11 bits per heavy atom. The first-order valence-electron chi connectivity index (χ1n) is 5.53. The summed E-state index contributed by atoms with van der Waals surface area (Å²) in [5.74, 6) is 0.0718. The normalized spacial score (nSPS) is 9.32. The summed E-state index contributed by atoms with van der Waals surface area (Å²) in [6.07, 6.45) is 1.67. The predicted octanol–water partition coefficient (Wildman–Crippen LogP) is -0.154. The summed E-state index contributed by atoms with van der Waals surface area (Å²) in [5.41, 5.74) is 0. The zero-order valence-corrected chi connectivity index (χ0v) is 18.0. The van der Waals surface area contributed by atoms with Crippen molar-refractivity contribution in [1.82, 2.24) is 4.98 Å². The monoisotopic (exact) mass is 413 g/mol. The van der Waals surface area contributed by atoms with Gasteiger partial charge in [0.2, 0.25) is 0 Å². The van der Waals surface area contributed by atoms with Crippen molar-refractivity contribution in [2.24, 2.45) is 0 Å². The van der Waals surface area contributed by atoms with Crippen LogP contribution in [0.25, 0.3) is 0 Å². The Labute approximate surface area is 153 Å². The second kappa shape index (κ2) is 10.3. The van der Waals surface area contributed by atoms with Crippen LogP contribution in [0.4, 0.5) is 0 Å². The van der Waals surface area contributed by atoms with E-state index in [1.807, 2.05) is 6.07 Å². The molecule has 2 aromatic rings. The molecule has 0 atom stereocenters. The molecule has 2 nitrogen and oxygen atoms in total. The number of nitrogens with zero attached hydrogens (tertiary/aromatic N) is 1. The third kappa shape index (κ3) is 7.78. The van der Waals surface area contributed by atoms with Gasteiger partial charge in [-0.25, -0.2) is 0 Å². The zero-order chi connectivity index (χ0) is 13.5. The van der Waals surface area contributed by atoms with Gasteiger partial charge in [0.15, 0.2) is 0 Å². The summed E-state index contributed by atoms with van der Waals surface area (Å²) in [4.78, 5) is 8.71. The molecule has 1 aromatic carbocycles. The second-order valence-electron chi connectivity index (χ2n) is 3.99. The van der Waals surface area contributed by atoms with E-state index in [9.17, 15) is 5.11 Å². The van der Waals surface area contributed by atoms with Gasteiger partial charge in [0.25, 0.3) is 0 Å². The van der Waals surface area contributed by atoms with Crippen molar-refractivity contribution in [3.63, 3.8) is 0 Å². The molecule has 96 valence electrons. The average molecular weight is 413 g/mol. The Morgan fingerprint density at radius 2 is 1.68 bits per heavy atom. The molecule has 0 spiro atoms. The molecule has 2 rings (SSSR count). The third-order valence-electron chi connectivity index (χ3n) is 2.13. The quantitative estimate of drug-likeness (QED) is 0.611. The van der Waals surface area contributed by atoms with E-state index in [4.69, 9.17) is 23.2 Å². The van der Waals surface area contributed by atoms with Gasteiger partial charge in [0.05, 0.1) is 0 Å². The summed E-state index contributed by atoms with van der Waals surface area (Å²) in [6, 6.07) is 10.1. The van der Waals surface area contributed by atoms with Crippen molar-refractivity contribution in [2.45, 2.75) is 9.88 Å². The molecule has 0 bridgehead atoms. The molecule has 0 aliphatic carbocycles. The van der Waals surface area contributed by atoms with E-state index in [-0.39, 0.29) is 35.3 Å². The number of hydrogen-bond acceptors (Lipinski definition) is 2. The molecule has 0 aliphatic heterocycles. The van der Waals surface area contributed by atoms with Gasteiger partial charge in [-0.1, -0.05) is 30.3 Å². The van der Waals surface area contributed by atoms with Crippen LogP contribution in [0.5, 0.6) is 5.75 Å². The van der Waals surface area contributed by atoms with Crippen LogP contribution >= 0.6 is 23.2 Å². The van der Waals surface area contributed by atoms with Crippen LogP contribution in [0.1, 0.15) is 0 Å². The van der Waals surface area contributed by atoms with Gasteiger partial charge >= 0.3 is 113 Å². The second-order valence-corrected chi connectivity index (χ2v) is 13.0. The Balaban J connectivity index is 0.000000352. The molecule has 19 heavy (non-hydrogen) atoms. The number of rotatable bonds is 1. The third-order valence-corrected chi connectivity index (χ3v) is 7.59. The van der Waals surface area contributed by atoms with E-state index in [0.29, 0.717) is 5.02 Å². The molecule has 0 unspecified atom stereocenters. The molecule has 0 aliphatic rings. The van der Waals surface area contributed by atoms with E-state index in [0.717, 1.165) is 8.73 Å². The molecule has 0 amide bonds. The summed E-state index contributed by atoms with van der Waals surface area (Å²) in [5, 5.41) is 11.6. The maximum atomic E-state index is 10.3. The minimum absolute atomic E-state index is 0. The van der Waals surface area contributed by atoms with Gasteiger partial charge in [0, 0.05) is 0 Å². The minimum atomic E-state index is -1.52. The van der Waals surface area contributed by atoms with Gasteiger partial charge in [-0.05, 0) is 0 Å². The van der Waals surface area contributed by atoms with Gasteiger partial charge in [-0.15, -0.1) is 5.75 Å². The van der Waals surface area contributed by atoms with Gasteiger partial charge in [-0.3, -0.25) is 0 Å². The van der Waals surface area contributed by atoms with Gasteiger partial charge < -0.3 is 5.11 Å². The standard InChI is InChI=1S/C6H6O.C5H2Cl2N.2CH3.Na.Sn.H/c7-6-4-2-1-3-5-6;6-4-1-5(7)3-8-2-4;;;;;/h1-5,7H;1-2H;2*1H3;;;/q;;;;+1;;/p-1. The van der Waals surface area contributed by atoms with Crippen molar-refractivity contribution >= 4 is 46.7 Å². The minimum Gasteiger partial charge on any atom is -0.872 e. The summed E-state index contributed by atoms with van der Waals surface area (Å²) in [7, 11) is 0. The van der Waals surface area contributed by atoms with Crippen LogP contribution in [0.3, 0.4) is 0 Å².